The molecule has 0 aromatic heterocycles. The molecule has 0 heterocycles. The lowest BCUT2D eigenvalue weighted by atomic mass is 10.1. The fourth-order valence-electron chi connectivity index (χ4n) is 2.01. The van der Waals surface area contributed by atoms with Crippen LogP contribution in [0.5, 0.6) is 0 Å². The summed E-state index contributed by atoms with van der Waals surface area (Å²) in [6.07, 6.45) is 3.39. The monoisotopic (exact) mass is 397 g/mol. The molecule has 0 atom stereocenters. The second-order valence-electron chi connectivity index (χ2n) is 4.88. The number of rotatable bonds is 5. The lowest BCUT2D eigenvalue weighted by Gasteiger charge is -2.08. The van der Waals surface area contributed by atoms with Gasteiger partial charge in [0.05, 0.1) is 5.56 Å². The molecular formula is C17H17FINO. The Hall–Kier alpha value is -1.43. The first-order chi connectivity index (χ1) is 10.1. The Morgan fingerprint density at radius 1 is 1.19 bits per heavy atom. The minimum absolute atomic E-state index is 0.222. The van der Waals surface area contributed by atoms with Gasteiger partial charge in [0.2, 0.25) is 0 Å². The van der Waals surface area contributed by atoms with Crippen LogP contribution in [0.25, 0.3) is 0 Å². The predicted molar refractivity (Wildman–Crippen MR) is 92.1 cm³/mol. The molecule has 0 saturated carbocycles. The van der Waals surface area contributed by atoms with Gasteiger partial charge in [-0.1, -0.05) is 25.5 Å². The van der Waals surface area contributed by atoms with Crippen LogP contribution in [0.3, 0.4) is 0 Å². The van der Waals surface area contributed by atoms with Crippen molar-refractivity contribution in [2.24, 2.45) is 0 Å². The standard InChI is InChI=1S/C17H17FINO/c1-2-3-4-12-5-8-14(9-6-12)20-17(21)15-10-7-13(18)11-16(15)19/h5-11H,2-4H2,1H3,(H,20,21). The quantitative estimate of drug-likeness (QED) is 0.705. The van der Waals surface area contributed by atoms with Crippen LogP contribution in [0.1, 0.15) is 35.7 Å². The number of halogens is 2. The zero-order valence-electron chi connectivity index (χ0n) is 11.8. The van der Waals surface area contributed by atoms with Crippen molar-refractivity contribution in [3.8, 4) is 0 Å². The van der Waals surface area contributed by atoms with Gasteiger partial charge in [0.15, 0.2) is 0 Å². The van der Waals surface area contributed by atoms with Gasteiger partial charge in [-0.15, -0.1) is 0 Å². The molecule has 0 aliphatic carbocycles. The number of unbranched alkanes of at least 4 members (excludes halogenated alkanes) is 1. The van der Waals surface area contributed by atoms with E-state index in [2.05, 4.69) is 12.2 Å². The van der Waals surface area contributed by atoms with Crippen LogP contribution in [-0.4, -0.2) is 5.91 Å². The topological polar surface area (TPSA) is 29.1 Å². The highest BCUT2D eigenvalue weighted by Gasteiger charge is 2.10. The van der Waals surface area contributed by atoms with Crippen molar-refractivity contribution in [1.82, 2.24) is 0 Å². The van der Waals surface area contributed by atoms with Crippen molar-refractivity contribution >= 4 is 34.2 Å². The zero-order chi connectivity index (χ0) is 15.2. The number of benzene rings is 2. The lowest BCUT2D eigenvalue weighted by molar-refractivity contribution is 0.102. The molecule has 0 aliphatic heterocycles. The summed E-state index contributed by atoms with van der Waals surface area (Å²) in [7, 11) is 0. The minimum Gasteiger partial charge on any atom is -0.322 e. The van der Waals surface area contributed by atoms with Crippen LogP contribution in [-0.2, 0) is 6.42 Å². The van der Waals surface area contributed by atoms with Crippen LogP contribution < -0.4 is 5.32 Å². The second-order valence-corrected chi connectivity index (χ2v) is 6.04. The molecule has 0 aliphatic rings. The maximum Gasteiger partial charge on any atom is 0.256 e. The number of nitrogens with one attached hydrogen (secondary N) is 1. The maximum atomic E-state index is 13.0. The molecule has 2 aromatic carbocycles. The van der Waals surface area contributed by atoms with Gasteiger partial charge < -0.3 is 5.32 Å². The van der Waals surface area contributed by atoms with Crippen LogP contribution in [0.15, 0.2) is 42.5 Å². The third kappa shape index (κ3) is 4.52. The van der Waals surface area contributed by atoms with E-state index >= 15 is 0 Å². The first kappa shape index (κ1) is 15.9. The molecular weight excluding hydrogens is 380 g/mol. The molecule has 0 bridgehead atoms. The van der Waals surface area contributed by atoms with Gasteiger partial charge in [-0.2, -0.15) is 0 Å². The van der Waals surface area contributed by atoms with Gasteiger partial charge in [-0.05, 0) is 71.3 Å². The molecule has 0 fully saturated rings. The highest BCUT2D eigenvalue weighted by Crippen LogP contribution is 2.17. The van der Waals surface area contributed by atoms with E-state index < -0.39 is 0 Å². The Balaban J connectivity index is 2.05. The number of aryl methyl sites for hydroxylation is 1. The number of amides is 1. The Morgan fingerprint density at radius 2 is 1.90 bits per heavy atom. The molecule has 1 N–H and O–H groups in total. The molecule has 1 amide bonds. The van der Waals surface area contributed by atoms with E-state index in [1.165, 1.54) is 36.6 Å². The molecule has 21 heavy (non-hydrogen) atoms. The first-order valence-corrected chi connectivity index (χ1v) is 8.03. The Bertz CT molecular complexity index is 625. The van der Waals surface area contributed by atoms with Gasteiger partial charge in [0.25, 0.3) is 5.91 Å². The van der Waals surface area contributed by atoms with E-state index in [-0.39, 0.29) is 11.7 Å². The summed E-state index contributed by atoms with van der Waals surface area (Å²) >= 11 is 1.96. The lowest BCUT2D eigenvalue weighted by Crippen LogP contribution is -2.13. The smallest absolute Gasteiger partial charge is 0.256 e. The van der Waals surface area contributed by atoms with E-state index in [0.717, 1.165) is 12.1 Å². The van der Waals surface area contributed by atoms with Crippen LogP contribution in [0.4, 0.5) is 10.1 Å². The fourth-order valence-corrected chi connectivity index (χ4v) is 2.73. The number of anilines is 1. The summed E-state index contributed by atoms with van der Waals surface area (Å²) in [5.74, 6) is -0.558. The summed E-state index contributed by atoms with van der Waals surface area (Å²) in [5.41, 5.74) is 2.50. The van der Waals surface area contributed by atoms with Crippen molar-refractivity contribution in [2.45, 2.75) is 26.2 Å². The average molecular weight is 397 g/mol. The van der Waals surface area contributed by atoms with Crippen molar-refractivity contribution in [1.29, 1.82) is 0 Å². The molecule has 0 unspecified atom stereocenters. The van der Waals surface area contributed by atoms with E-state index in [9.17, 15) is 9.18 Å². The average Bonchev–Trinajstić information content (AvgIpc) is 2.46. The summed E-state index contributed by atoms with van der Waals surface area (Å²) in [6.45, 7) is 2.17. The van der Waals surface area contributed by atoms with Crippen molar-refractivity contribution in [3.05, 3.63) is 63.0 Å². The molecule has 0 spiro atoms. The van der Waals surface area contributed by atoms with Gasteiger partial charge in [-0.3, -0.25) is 4.79 Å². The number of hydrogen-bond acceptors (Lipinski definition) is 1. The molecule has 2 nitrogen and oxygen atoms in total. The van der Waals surface area contributed by atoms with E-state index in [4.69, 9.17) is 0 Å². The highest BCUT2D eigenvalue weighted by atomic mass is 127. The molecule has 2 rings (SSSR count). The Morgan fingerprint density at radius 3 is 2.52 bits per heavy atom. The third-order valence-corrected chi connectivity index (χ3v) is 4.10. The van der Waals surface area contributed by atoms with E-state index in [1.54, 1.807) is 0 Å². The number of hydrogen-bond donors (Lipinski definition) is 1. The van der Waals surface area contributed by atoms with Crippen LogP contribution >= 0.6 is 22.6 Å². The van der Waals surface area contributed by atoms with E-state index in [1.807, 2.05) is 46.9 Å². The summed E-state index contributed by atoms with van der Waals surface area (Å²) in [6, 6.07) is 12.0. The molecule has 4 heteroatoms. The van der Waals surface area contributed by atoms with Crippen molar-refractivity contribution < 1.29 is 9.18 Å². The summed E-state index contributed by atoms with van der Waals surface area (Å²) < 4.78 is 13.6. The largest absolute Gasteiger partial charge is 0.322 e. The number of carbonyl (C=O) groups excluding carboxylic acids is 1. The minimum atomic E-state index is -0.337. The molecule has 2 aromatic rings. The Kier molecular flexibility index (Phi) is 5.73. The van der Waals surface area contributed by atoms with Crippen molar-refractivity contribution in [3.63, 3.8) is 0 Å². The molecule has 0 saturated heterocycles. The summed E-state index contributed by atoms with van der Waals surface area (Å²) in [4.78, 5) is 12.2. The van der Waals surface area contributed by atoms with Gasteiger partial charge >= 0.3 is 0 Å². The van der Waals surface area contributed by atoms with Gasteiger partial charge in [0, 0.05) is 9.26 Å². The van der Waals surface area contributed by atoms with Crippen molar-refractivity contribution in [2.75, 3.05) is 5.32 Å². The van der Waals surface area contributed by atoms with Gasteiger partial charge in [0.1, 0.15) is 5.82 Å². The molecule has 0 radical (unpaired) electrons. The number of carbonyl (C=O) groups is 1. The maximum absolute atomic E-state index is 13.0. The van der Waals surface area contributed by atoms with E-state index in [0.29, 0.717) is 9.13 Å². The molecule has 110 valence electrons. The SMILES string of the molecule is CCCCc1ccc(NC(=O)c2ccc(F)cc2I)cc1. The predicted octanol–water partition coefficient (Wildman–Crippen LogP) is 5.03. The van der Waals surface area contributed by atoms with Crippen LogP contribution in [0.2, 0.25) is 0 Å². The highest BCUT2D eigenvalue weighted by molar-refractivity contribution is 14.1. The first-order valence-electron chi connectivity index (χ1n) is 6.95. The summed E-state index contributed by atoms with van der Waals surface area (Å²) in [5, 5.41) is 2.84. The normalized spacial score (nSPS) is 10.4. The fraction of sp³-hybridized carbons (Fsp3) is 0.235. The Labute approximate surface area is 137 Å². The zero-order valence-corrected chi connectivity index (χ0v) is 14.0. The third-order valence-electron chi connectivity index (χ3n) is 3.21. The second kappa shape index (κ2) is 7.54. The van der Waals surface area contributed by atoms with Gasteiger partial charge in [-0.25, -0.2) is 4.39 Å². The van der Waals surface area contributed by atoms with Crippen LogP contribution in [0, 0.1) is 9.39 Å².